The number of carbonyl (C=O) groups is 1. The molecular formula is C20H23NO4. The normalized spacial score (nSPS) is 14.4. The van der Waals surface area contributed by atoms with Crippen LogP contribution < -0.4 is 14.8 Å². The minimum Gasteiger partial charge on any atom is -0.490 e. The van der Waals surface area contributed by atoms with Crippen molar-refractivity contribution in [1.29, 1.82) is 0 Å². The quantitative estimate of drug-likeness (QED) is 0.838. The van der Waals surface area contributed by atoms with Gasteiger partial charge in [-0.2, -0.15) is 0 Å². The van der Waals surface area contributed by atoms with Crippen LogP contribution in [0.3, 0.4) is 0 Å². The molecule has 0 bridgehead atoms. The van der Waals surface area contributed by atoms with Gasteiger partial charge in [0.2, 0.25) is 0 Å². The van der Waals surface area contributed by atoms with Gasteiger partial charge < -0.3 is 19.9 Å². The summed E-state index contributed by atoms with van der Waals surface area (Å²) in [6.45, 7) is 3.70. The lowest BCUT2D eigenvalue weighted by atomic mass is 10.0. The van der Waals surface area contributed by atoms with Crippen LogP contribution in [-0.2, 0) is 17.8 Å². The zero-order valence-corrected chi connectivity index (χ0v) is 14.3. The SMILES string of the molecule is CC(Cc1ccc(NCc2cccc3c2OCCCO3)cc1)C(=O)O. The van der Waals surface area contributed by atoms with Crippen LogP contribution in [0.5, 0.6) is 11.5 Å². The summed E-state index contributed by atoms with van der Waals surface area (Å²) >= 11 is 0. The number of fused-ring (bicyclic) bond motifs is 1. The molecule has 0 radical (unpaired) electrons. The molecule has 25 heavy (non-hydrogen) atoms. The van der Waals surface area contributed by atoms with Gasteiger partial charge in [-0.1, -0.05) is 31.2 Å². The smallest absolute Gasteiger partial charge is 0.306 e. The van der Waals surface area contributed by atoms with Crippen LogP contribution in [0, 0.1) is 5.92 Å². The van der Waals surface area contributed by atoms with Crippen molar-refractivity contribution < 1.29 is 19.4 Å². The maximum absolute atomic E-state index is 10.9. The van der Waals surface area contributed by atoms with Gasteiger partial charge in [-0.15, -0.1) is 0 Å². The molecule has 1 heterocycles. The zero-order valence-electron chi connectivity index (χ0n) is 14.3. The lowest BCUT2D eigenvalue weighted by molar-refractivity contribution is -0.141. The predicted octanol–water partition coefficient (Wildman–Crippen LogP) is 3.72. The van der Waals surface area contributed by atoms with Crippen LogP contribution in [0.4, 0.5) is 5.69 Å². The Morgan fingerprint density at radius 3 is 2.68 bits per heavy atom. The van der Waals surface area contributed by atoms with Crippen molar-refractivity contribution >= 4 is 11.7 Å². The summed E-state index contributed by atoms with van der Waals surface area (Å²) in [6.07, 6.45) is 1.42. The Labute approximate surface area is 147 Å². The van der Waals surface area contributed by atoms with Crippen molar-refractivity contribution in [3.63, 3.8) is 0 Å². The van der Waals surface area contributed by atoms with Crippen molar-refractivity contribution in [1.82, 2.24) is 0 Å². The van der Waals surface area contributed by atoms with E-state index in [1.54, 1.807) is 6.92 Å². The van der Waals surface area contributed by atoms with E-state index in [9.17, 15) is 4.79 Å². The number of benzene rings is 2. The van der Waals surface area contributed by atoms with Gasteiger partial charge >= 0.3 is 5.97 Å². The molecule has 0 fully saturated rings. The highest BCUT2D eigenvalue weighted by Gasteiger charge is 2.14. The van der Waals surface area contributed by atoms with Crippen molar-refractivity contribution in [3.8, 4) is 11.5 Å². The number of rotatable bonds is 6. The highest BCUT2D eigenvalue weighted by Crippen LogP contribution is 2.33. The van der Waals surface area contributed by atoms with Gasteiger partial charge in [-0.3, -0.25) is 4.79 Å². The van der Waals surface area contributed by atoms with Gasteiger partial charge in [0.05, 0.1) is 19.1 Å². The van der Waals surface area contributed by atoms with Crippen molar-refractivity contribution in [3.05, 3.63) is 53.6 Å². The number of carboxylic acids is 1. The van der Waals surface area contributed by atoms with Crippen LogP contribution in [0.15, 0.2) is 42.5 Å². The first-order valence-electron chi connectivity index (χ1n) is 8.56. The molecule has 0 aliphatic carbocycles. The maximum Gasteiger partial charge on any atom is 0.306 e. The minimum absolute atomic E-state index is 0.379. The first kappa shape index (κ1) is 17.1. The third-order valence-electron chi connectivity index (χ3n) is 4.25. The molecule has 3 rings (SSSR count). The van der Waals surface area contributed by atoms with E-state index in [2.05, 4.69) is 5.32 Å². The topological polar surface area (TPSA) is 67.8 Å². The van der Waals surface area contributed by atoms with Gasteiger partial charge in [-0.05, 0) is 30.2 Å². The van der Waals surface area contributed by atoms with E-state index in [0.717, 1.165) is 34.7 Å². The maximum atomic E-state index is 10.9. The fourth-order valence-corrected chi connectivity index (χ4v) is 2.79. The van der Waals surface area contributed by atoms with Crippen LogP contribution >= 0.6 is 0 Å². The minimum atomic E-state index is -0.769. The average molecular weight is 341 g/mol. The van der Waals surface area contributed by atoms with Gasteiger partial charge in [0.15, 0.2) is 11.5 Å². The lowest BCUT2D eigenvalue weighted by Crippen LogP contribution is -2.12. The van der Waals surface area contributed by atoms with Gasteiger partial charge in [0.1, 0.15) is 0 Å². The van der Waals surface area contributed by atoms with Gasteiger partial charge in [-0.25, -0.2) is 0 Å². The van der Waals surface area contributed by atoms with E-state index >= 15 is 0 Å². The Kier molecular flexibility index (Phi) is 5.43. The molecule has 2 aromatic rings. The largest absolute Gasteiger partial charge is 0.490 e. The summed E-state index contributed by atoms with van der Waals surface area (Å²) in [7, 11) is 0. The van der Waals surface area contributed by atoms with Crippen LogP contribution in [0.25, 0.3) is 0 Å². The van der Waals surface area contributed by atoms with E-state index < -0.39 is 5.97 Å². The number of anilines is 1. The predicted molar refractivity (Wildman–Crippen MR) is 96.3 cm³/mol. The second-order valence-electron chi connectivity index (χ2n) is 6.29. The number of ether oxygens (including phenoxy) is 2. The standard InChI is InChI=1S/C20H23NO4/c1-14(20(22)23)12-15-6-8-17(9-7-15)21-13-16-4-2-5-18-19(16)25-11-3-10-24-18/h2,4-9,14,21H,3,10-13H2,1H3,(H,22,23). The van der Waals surface area contributed by atoms with Crippen LogP contribution in [0.2, 0.25) is 0 Å². The Morgan fingerprint density at radius 2 is 1.92 bits per heavy atom. The molecule has 1 aliphatic heterocycles. The Bertz CT molecular complexity index is 727. The first-order valence-corrected chi connectivity index (χ1v) is 8.56. The van der Waals surface area contributed by atoms with E-state index in [4.69, 9.17) is 14.6 Å². The second-order valence-corrected chi connectivity index (χ2v) is 6.29. The molecule has 1 atom stereocenters. The Balaban J connectivity index is 1.63. The van der Waals surface area contributed by atoms with E-state index in [1.165, 1.54) is 0 Å². The number of nitrogens with one attached hydrogen (secondary N) is 1. The Hall–Kier alpha value is -2.69. The van der Waals surface area contributed by atoms with Crippen molar-refractivity contribution in [2.45, 2.75) is 26.3 Å². The fourth-order valence-electron chi connectivity index (χ4n) is 2.79. The number of para-hydroxylation sites is 1. The number of hydrogen-bond donors (Lipinski definition) is 2. The van der Waals surface area contributed by atoms with E-state index in [0.29, 0.717) is 26.2 Å². The summed E-state index contributed by atoms with van der Waals surface area (Å²) in [4.78, 5) is 10.9. The molecule has 0 amide bonds. The average Bonchev–Trinajstić information content (AvgIpc) is 2.87. The highest BCUT2D eigenvalue weighted by atomic mass is 16.5. The zero-order chi connectivity index (χ0) is 17.6. The molecule has 5 heteroatoms. The molecule has 1 unspecified atom stereocenters. The molecule has 2 aromatic carbocycles. The monoisotopic (exact) mass is 341 g/mol. The second kappa shape index (κ2) is 7.92. The Morgan fingerprint density at radius 1 is 1.16 bits per heavy atom. The van der Waals surface area contributed by atoms with Crippen molar-refractivity contribution in [2.24, 2.45) is 5.92 Å². The third kappa shape index (κ3) is 4.44. The number of carboxylic acid groups (broad SMARTS) is 1. The lowest BCUT2D eigenvalue weighted by Gasteiger charge is -2.14. The van der Waals surface area contributed by atoms with Gasteiger partial charge in [0.25, 0.3) is 0 Å². The first-order chi connectivity index (χ1) is 12.1. The van der Waals surface area contributed by atoms with Crippen LogP contribution in [0.1, 0.15) is 24.5 Å². The fraction of sp³-hybridized carbons (Fsp3) is 0.350. The summed E-state index contributed by atoms with van der Waals surface area (Å²) < 4.78 is 11.5. The molecule has 0 saturated carbocycles. The molecule has 132 valence electrons. The highest BCUT2D eigenvalue weighted by molar-refractivity contribution is 5.70. The molecule has 0 aromatic heterocycles. The summed E-state index contributed by atoms with van der Waals surface area (Å²) in [6, 6.07) is 13.8. The third-order valence-corrected chi connectivity index (χ3v) is 4.25. The summed E-state index contributed by atoms with van der Waals surface area (Å²) in [5, 5.41) is 12.4. The molecular weight excluding hydrogens is 318 g/mol. The molecule has 1 aliphatic rings. The molecule has 2 N–H and O–H groups in total. The summed E-state index contributed by atoms with van der Waals surface area (Å²) in [5.41, 5.74) is 3.06. The molecule has 0 spiro atoms. The molecule has 0 saturated heterocycles. The van der Waals surface area contributed by atoms with E-state index in [1.807, 2.05) is 42.5 Å². The number of hydrogen-bond acceptors (Lipinski definition) is 4. The summed E-state index contributed by atoms with van der Waals surface area (Å²) in [5.74, 6) is 0.471. The van der Waals surface area contributed by atoms with Gasteiger partial charge in [0, 0.05) is 24.2 Å². The number of aliphatic carboxylic acids is 1. The van der Waals surface area contributed by atoms with Crippen LogP contribution in [-0.4, -0.2) is 24.3 Å². The van der Waals surface area contributed by atoms with Crippen molar-refractivity contribution in [2.75, 3.05) is 18.5 Å². The van der Waals surface area contributed by atoms with E-state index in [-0.39, 0.29) is 5.92 Å². The molecule has 5 nitrogen and oxygen atoms in total.